The van der Waals surface area contributed by atoms with E-state index in [0.717, 1.165) is 29.2 Å². The predicted octanol–water partition coefficient (Wildman–Crippen LogP) is 4.03. The van der Waals surface area contributed by atoms with Gasteiger partial charge in [0.2, 0.25) is 0 Å². The van der Waals surface area contributed by atoms with Crippen molar-refractivity contribution >= 4 is 23.0 Å². The van der Waals surface area contributed by atoms with Gasteiger partial charge in [-0.25, -0.2) is 10.0 Å². The quantitative estimate of drug-likeness (QED) is 0.849. The van der Waals surface area contributed by atoms with Crippen LogP contribution in [0.25, 0.3) is 0 Å². The van der Waals surface area contributed by atoms with Gasteiger partial charge in [-0.15, -0.1) is 5.53 Å². The zero-order chi connectivity index (χ0) is 18.5. The van der Waals surface area contributed by atoms with E-state index in [-0.39, 0.29) is 5.91 Å². The topological polar surface area (TPSA) is 47.6 Å². The predicted molar refractivity (Wildman–Crippen MR) is 91.9 cm³/mol. The summed E-state index contributed by atoms with van der Waals surface area (Å²) in [6, 6.07) is 12.0. The number of halogens is 3. The summed E-state index contributed by atoms with van der Waals surface area (Å²) in [6.07, 6.45) is -3.81. The first-order chi connectivity index (χ1) is 12.4. The summed E-state index contributed by atoms with van der Waals surface area (Å²) in [5, 5.41) is 6.15. The minimum absolute atomic E-state index is 0.330. The zero-order valence-electron chi connectivity index (χ0n) is 13.8. The van der Waals surface area contributed by atoms with E-state index in [1.165, 1.54) is 17.1 Å². The second-order valence-electron chi connectivity index (χ2n) is 5.94. The number of fused-ring (bicyclic) bond motifs is 3. The molecule has 2 aliphatic rings. The molecule has 0 spiro atoms. The number of nitrogens with zero attached hydrogens (tertiary/aromatic N) is 2. The fraction of sp³-hybridized carbons (Fsp3) is 0.167. The molecular weight excluding hydrogens is 345 g/mol. The van der Waals surface area contributed by atoms with Crippen molar-refractivity contribution in [1.82, 2.24) is 5.53 Å². The van der Waals surface area contributed by atoms with Crippen molar-refractivity contribution in [2.75, 3.05) is 15.3 Å². The molecule has 2 aliphatic heterocycles. The van der Waals surface area contributed by atoms with Gasteiger partial charge in [0.05, 0.1) is 22.6 Å². The lowest BCUT2D eigenvalue weighted by molar-refractivity contribution is -0.137. The van der Waals surface area contributed by atoms with Gasteiger partial charge in [0, 0.05) is 5.70 Å². The van der Waals surface area contributed by atoms with Gasteiger partial charge < -0.3 is 5.32 Å². The van der Waals surface area contributed by atoms with Crippen LogP contribution in [0.4, 0.5) is 30.2 Å². The summed E-state index contributed by atoms with van der Waals surface area (Å²) in [5.41, 5.74) is 5.35. The third-order valence-electron chi connectivity index (χ3n) is 4.35. The summed E-state index contributed by atoms with van der Waals surface area (Å²) in [7, 11) is 0. The van der Waals surface area contributed by atoms with Crippen molar-refractivity contribution in [3.8, 4) is 0 Å². The molecule has 2 aromatic carbocycles. The first-order valence-electron chi connectivity index (χ1n) is 8.07. The highest BCUT2D eigenvalue weighted by Crippen LogP contribution is 2.39. The van der Waals surface area contributed by atoms with Crippen LogP contribution in [0.15, 0.2) is 59.9 Å². The van der Waals surface area contributed by atoms with E-state index in [2.05, 4.69) is 10.9 Å². The number of hydrazine groups is 2. The molecule has 0 aromatic heterocycles. The van der Waals surface area contributed by atoms with Gasteiger partial charge in [-0.05, 0) is 42.8 Å². The van der Waals surface area contributed by atoms with Gasteiger partial charge in [0.15, 0.2) is 0 Å². The molecule has 0 saturated carbocycles. The second kappa shape index (κ2) is 5.77. The van der Waals surface area contributed by atoms with Gasteiger partial charge in [-0.1, -0.05) is 19.1 Å². The van der Waals surface area contributed by atoms with E-state index in [1.54, 1.807) is 5.01 Å². The maximum absolute atomic E-state index is 12.9. The molecule has 8 heteroatoms. The summed E-state index contributed by atoms with van der Waals surface area (Å²) in [4.78, 5) is 12.9. The fourth-order valence-electron chi connectivity index (χ4n) is 3.06. The molecule has 0 aliphatic carbocycles. The number of alkyl halides is 3. The standard InChI is InChI=1S/C18H15F3N4O/c1-2-13-16-17(26)24(12-9-7-11(8-10-12)18(19,20)21)23-25(16)15-6-4-3-5-14(15)22-13/h3-10,22-23H,2H2,1H3. The number of hydrogen-bond donors (Lipinski definition) is 2. The number of hydrogen-bond acceptors (Lipinski definition) is 4. The average molecular weight is 360 g/mol. The Hall–Kier alpha value is -3.00. The summed E-state index contributed by atoms with van der Waals surface area (Å²) in [6.45, 7) is 1.93. The van der Waals surface area contributed by atoms with Gasteiger partial charge in [-0.3, -0.25) is 4.79 Å². The molecule has 4 rings (SSSR count). The van der Waals surface area contributed by atoms with Crippen LogP contribution in [0.5, 0.6) is 0 Å². The summed E-state index contributed by atoms with van der Waals surface area (Å²) >= 11 is 0. The van der Waals surface area contributed by atoms with Gasteiger partial charge in [0.25, 0.3) is 5.91 Å². The Labute approximate surface area is 147 Å². The van der Waals surface area contributed by atoms with E-state index in [0.29, 0.717) is 17.8 Å². The molecule has 0 atom stereocenters. The minimum atomic E-state index is -4.42. The number of anilines is 3. The maximum Gasteiger partial charge on any atom is 0.416 e. The largest absolute Gasteiger partial charge is 0.416 e. The van der Waals surface area contributed by atoms with E-state index in [4.69, 9.17) is 0 Å². The number of rotatable bonds is 2. The molecule has 134 valence electrons. The molecule has 5 nitrogen and oxygen atoms in total. The summed E-state index contributed by atoms with van der Waals surface area (Å²) in [5.74, 6) is -0.330. The third kappa shape index (κ3) is 2.50. The van der Waals surface area contributed by atoms with Crippen LogP contribution in [0.2, 0.25) is 0 Å². The number of para-hydroxylation sites is 2. The lowest BCUT2D eigenvalue weighted by Crippen LogP contribution is -2.41. The Balaban J connectivity index is 1.73. The van der Waals surface area contributed by atoms with Crippen LogP contribution < -0.4 is 20.9 Å². The maximum atomic E-state index is 12.9. The van der Waals surface area contributed by atoms with Crippen LogP contribution in [0.1, 0.15) is 18.9 Å². The Morgan fingerprint density at radius 2 is 1.69 bits per heavy atom. The molecule has 0 radical (unpaired) electrons. The average Bonchev–Trinajstić information content (AvgIpc) is 2.98. The Morgan fingerprint density at radius 1 is 1.00 bits per heavy atom. The highest BCUT2D eigenvalue weighted by atomic mass is 19.4. The molecule has 26 heavy (non-hydrogen) atoms. The molecule has 2 heterocycles. The van der Waals surface area contributed by atoms with Crippen LogP contribution in [-0.2, 0) is 11.0 Å². The number of carbonyl (C=O) groups excluding carboxylic acids is 1. The van der Waals surface area contributed by atoms with Crippen molar-refractivity contribution in [3.05, 3.63) is 65.5 Å². The molecule has 1 fully saturated rings. The van der Waals surface area contributed by atoms with E-state index in [1.807, 2.05) is 31.2 Å². The highest BCUT2D eigenvalue weighted by molar-refractivity contribution is 6.12. The van der Waals surface area contributed by atoms with Crippen molar-refractivity contribution in [2.45, 2.75) is 19.5 Å². The lowest BCUT2D eigenvalue weighted by Gasteiger charge is -2.29. The SMILES string of the molecule is CCC1=C2C(=O)N(c3ccc(C(F)(F)F)cc3)NN2c2ccccc2N1. The van der Waals surface area contributed by atoms with Crippen LogP contribution in [-0.4, -0.2) is 5.91 Å². The smallest absolute Gasteiger partial charge is 0.355 e. The fourth-order valence-corrected chi connectivity index (χ4v) is 3.06. The van der Waals surface area contributed by atoms with Crippen molar-refractivity contribution in [3.63, 3.8) is 0 Å². The van der Waals surface area contributed by atoms with E-state index < -0.39 is 11.7 Å². The van der Waals surface area contributed by atoms with Crippen molar-refractivity contribution in [2.24, 2.45) is 0 Å². The number of carbonyl (C=O) groups is 1. The molecular formula is C18H15F3N4O. The number of nitrogens with one attached hydrogen (secondary N) is 2. The second-order valence-corrected chi connectivity index (χ2v) is 5.94. The molecule has 2 N–H and O–H groups in total. The summed E-state index contributed by atoms with van der Waals surface area (Å²) < 4.78 is 38.3. The van der Waals surface area contributed by atoms with E-state index >= 15 is 0 Å². The minimum Gasteiger partial charge on any atom is -0.355 e. The third-order valence-corrected chi connectivity index (χ3v) is 4.35. The number of benzene rings is 2. The van der Waals surface area contributed by atoms with Crippen molar-refractivity contribution < 1.29 is 18.0 Å². The molecule has 1 amide bonds. The lowest BCUT2D eigenvalue weighted by atomic mass is 10.1. The van der Waals surface area contributed by atoms with Gasteiger partial charge >= 0.3 is 6.18 Å². The highest BCUT2D eigenvalue weighted by Gasteiger charge is 2.40. The van der Waals surface area contributed by atoms with Crippen molar-refractivity contribution in [1.29, 1.82) is 0 Å². The Kier molecular flexibility index (Phi) is 3.66. The Bertz CT molecular complexity index is 905. The Morgan fingerprint density at radius 3 is 2.35 bits per heavy atom. The number of amides is 1. The van der Waals surface area contributed by atoms with Crippen LogP contribution >= 0.6 is 0 Å². The molecule has 0 bridgehead atoms. The van der Waals surface area contributed by atoms with Crippen LogP contribution in [0.3, 0.4) is 0 Å². The molecule has 2 aromatic rings. The van der Waals surface area contributed by atoms with E-state index in [9.17, 15) is 18.0 Å². The molecule has 0 unspecified atom stereocenters. The monoisotopic (exact) mass is 360 g/mol. The van der Waals surface area contributed by atoms with Gasteiger partial charge in [-0.2, -0.15) is 13.2 Å². The van der Waals surface area contributed by atoms with Gasteiger partial charge in [0.1, 0.15) is 5.70 Å². The van der Waals surface area contributed by atoms with Crippen LogP contribution in [0, 0.1) is 0 Å². The number of allylic oxidation sites excluding steroid dienone is 1. The normalized spacial score (nSPS) is 16.5. The first-order valence-corrected chi connectivity index (χ1v) is 8.07. The zero-order valence-corrected chi connectivity index (χ0v) is 13.8. The first kappa shape index (κ1) is 16.5. The molecule has 1 saturated heterocycles.